The molecule has 0 bridgehead atoms. The highest BCUT2D eigenvalue weighted by atomic mass is 79.9. The fourth-order valence-electron chi connectivity index (χ4n) is 4.45. The monoisotopic (exact) mass is 553 g/mol. The minimum Gasteiger partial charge on any atom is -0.489 e. The molecule has 1 atom stereocenters. The van der Waals surface area contributed by atoms with Crippen LogP contribution in [0.4, 0.5) is 11.5 Å². The third-order valence-electron chi connectivity index (χ3n) is 6.42. The van der Waals surface area contributed by atoms with Gasteiger partial charge in [0, 0.05) is 47.9 Å². The molecule has 10 heteroatoms. The maximum Gasteiger partial charge on any atom is 0.415 e. The minimum atomic E-state index is -0.627. The minimum absolute atomic E-state index is 0.207. The van der Waals surface area contributed by atoms with Crippen LogP contribution in [0.1, 0.15) is 12.5 Å². The fourth-order valence-corrected chi connectivity index (χ4v) is 4.71. The van der Waals surface area contributed by atoms with Crippen LogP contribution >= 0.6 is 15.9 Å². The van der Waals surface area contributed by atoms with Crippen molar-refractivity contribution in [2.45, 2.75) is 19.1 Å². The van der Waals surface area contributed by atoms with Crippen LogP contribution in [0.15, 0.2) is 65.3 Å². The molecular formula is C26H28BrN5O4. The molecule has 0 amide bonds. The molecule has 2 aromatic carbocycles. The lowest BCUT2D eigenvalue weighted by molar-refractivity contribution is -0.389. The zero-order chi connectivity index (χ0) is 25.1. The van der Waals surface area contributed by atoms with Gasteiger partial charge in [-0.05, 0) is 53.8 Å². The molecule has 1 fully saturated rings. The molecule has 0 spiro atoms. The number of aromatic nitrogens is 2. The number of halogens is 1. The van der Waals surface area contributed by atoms with Gasteiger partial charge in [-0.15, -0.1) is 0 Å². The van der Waals surface area contributed by atoms with E-state index in [-0.39, 0.29) is 11.8 Å². The van der Waals surface area contributed by atoms with E-state index in [0.717, 1.165) is 42.9 Å². The third-order valence-corrected chi connectivity index (χ3v) is 6.95. The van der Waals surface area contributed by atoms with Gasteiger partial charge in [0.1, 0.15) is 18.6 Å². The van der Waals surface area contributed by atoms with E-state index in [2.05, 4.69) is 79.3 Å². The van der Waals surface area contributed by atoms with Crippen molar-refractivity contribution in [3.05, 3.63) is 81.0 Å². The van der Waals surface area contributed by atoms with Gasteiger partial charge >= 0.3 is 11.8 Å². The van der Waals surface area contributed by atoms with Gasteiger partial charge in [-0.2, -0.15) is 0 Å². The molecule has 1 saturated heterocycles. The van der Waals surface area contributed by atoms with Crippen molar-refractivity contribution in [1.82, 2.24) is 14.5 Å². The van der Waals surface area contributed by atoms with Gasteiger partial charge in [-0.3, -0.25) is 9.47 Å². The first-order valence-corrected chi connectivity index (χ1v) is 12.7. The van der Waals surface area contributed by atoms with Crippen LogP contribution in [0.2, 0.25) is 0 Å². The van der Waals surface area contributed by atoms with Crippen molar-refractivity contribution < 1.29 is 14.4 Å². The number of nitro groups is 1. The largest absolute Gasteiger partial charge is 0.489 e. The summed E-state index contributed by atoms with van der Waals surface area (Å²) in [5.74, 6) is 0.553. The number of hydrogen-bond acceptors (Lipinski definition) is 7. The van der Waals surface area contributed by atoms with Crippen molar-refractivity contribution in [3.63, 3.8) is 0 Å². The second-order valence-corrected chi connectivity index (χ2v) is 10.3. The Bertz CT molecular complexity index is 1210. The van der Waals surface area contributed by atoms with E-state index >= 15 is 0 Å². The van der Waals surface area contributed by atoms with Crippen molar-refractivity contribution >= 4 is 33.5 Å². The van der Waals surface area contributed by atoms with E-state index < -0.39 is 10.5 Å². The highest BCUT2D eigenvalue weighted by Gasteiger charge is 2.41. The quantitative estimate of drug-likeness (QED) is 0.297. The predicted octanol–water partition coefficient (Wildman–Crippen LogP) is 4.62. The Balaban J connectivity index is 1.07. The first-order valence-electron chi connectivity index (χ1n) is 11.9. The summed E-state index contributed by atoms with van der Waals surface area (Å²) >= 11 is 3.47. The lowest BCUT2D eigenvalue weighted by atomic mass is 10.1. The van der Waals surface area contributed by atoms with Gasteiger partial charge < -0.3 is 24.5 Å². The normalized spacial score (nSPS) is 19.9. The zero-order valence-electron chi connectivity index (χ0n) is 20.0. The van der Waals surface area contributed by atoms with Crippen LogP contribution in [0, 0.1) is 10.1 Å². The summed E-state index contributed by atoms with van der Waals surface area (Å²) < 4.78 is 14.6. The Kier molecular flexibility index (Phi) is 6.97. The van der Waals surface area contributed by atoms with E-state index in [4.69, 9.17) is 9.47 Å². The number of anilines is 1. The van der Waals surface area contributed by atoms with E-state index in [9.17, 15) is 10.1 Å². The van der Waals surface area contributed by atoms with E-state index in [1.165, 1.54) is 17.4 Å². The highest BCUT2D eigenvalue weighted by Crippen LogP contribution is 2.31. The first kappa shape index (κ1) is 24.3. The Hall–Kier alpha value is -3.37. The first-order chi connectivity index (χ1) is 17.4. The van der Waals surface area contributed by atoms with Crippen molar-refractivity contribution in [2.24, 2.45) is 0 Å². The van der Waals surface area contributed by atoms with Crippen LogP contribution in [0.25, 0.3) is 6.08 Å². The number of imidazole rings is 1. The second-order valence-electron chi connectivity index (χ2n) is 9.34. The molecule has 0 radical (unpaired) electrons. The summed E-state index contributed by atoms with van der Waals surface area (Å²) in [6, 6.07) is 16.7. The van der Waals surface area contributed by atoms with E-state index in [0.29, 0.717) is 13.2 Å². The summed E-state index contributed by atoms with van der Waals surface area (Å²) in [5, 5.41) is 10.9. The molecule has 3 aromatic rings. The number of piperazine rings is 1. The molecular weight excluding hydrogens is 526 g/mol. The van der Waals surface area contributed by atoms with Crippen molar-refractivity contribution in [1.29, 1.82) is 0 Å². The summed E-state index contributed by atoms with van der Waals surface area (Å²) in [6.45, 7) is 7.63. The molecule has 0 saturated carbocycles. The SMILES string of the molecule is C[C@@]1(COc2ccc(N3CCN(C/C=C/c4ccc(Br)cc4)CC3)cc2)Cn2cc([N+](=O)[O-])nc2O1. The number of rotatable bonds is 8. The zero-order valence-corrected chi connectivity index (χ0v) is 21.6. The maximum atomic E-state index is 10.9. The average Bonchev–Trinajstić information content (AvgIpc) is 3.41. The molecule has 2 aliphatic heterocycles. The van der Waals surface area contributed by atoms with Gasteiger partial charge in [0.15, 0.2) is 5.60 Å². The Morgan fingerprint density at radius 1 is 1.14 bits per heavy atom. The molecule has 1 aromatic heterocycles. The van der Waals surface area contributed by atoms with Gasteiger partial charge in [-0.25, -0.2) is 0 Å². The van der Waals surface area contributed by atoms with Gasteiger partial charge in [0.05, 0.1) is 6.54 Å². The molecule has 0 N–H and O–H groups in total. The molecule has 3 heterocycles. The smallest absolute Gasteiger partial charge is 0.415 e. The average molecular weight is 554 g/mol. The number of fused-ring (bicyclic) bond motifs is 1. The Morgan fingerprint density at radius 2 is 1.86 bits per heavy atom. The number of nitrogens with zero attached hydrogens (tertiary/aromatic N) is 5. The van der Waals surface area contributed by atoms with Gasteiger partial charge in [0.2, 0.25) is 0 Å². The number of benzene rings is 2. The number of hydrogen-bond donors (Lipinski definition) is 0. The molecule has 2 aliphatic rings. The second kappa shape index (κ2) is 10.3. The summed E-state index contributed by atoms with van der Waals surface area (Å²) in [6.07, 6.45) is 5.80. The molecule has 188 valence electrons. The maximum absolute atomic E-state index is 10.9. The topological polar surface area (TPSA) is 85.9 Å². The molecule has 0 unspecified atom stereocenters. The van der Waals surface area contributed by atoms with Crippen LogP contribution in [-0.2, 0) is 6.54 Å². The Morgan fingerprint density at radius 3 is 2.53 bits per heavy atom. The standard InChI is InChI=1S/C26H28BrN5O4/c1-26(18-31-17-24(32(33)34)28-25(31)36-26)19-35-23-10-8-22(9-11-23)30-15-13-29(14-16-30)12-2-3-20-4-6-21(27)7-5-20/h2-11,17H,12-16,18-19H2,1H3/b3-2+/t26-/m0/s1. The fraction of sp³-hybridized carbons (Fsp3) is 0.346. The Labute approximate surface area is 218 Å². The summed E-state index contributed by atoms with van der Waals surface area (Å²) in [5.41, 5.74) is 1.77. The molecule has 36 heavy (non-hydrogen) atoms. The van der Waals surface area contributed by atoms with Crippen LogP contribution in [0.3, 0.4) is 0 Å². The highest BCUT2D eigenvalue weighted by molar-refractivity contribution is 9.10. The van der Waals surface area contributed by atoms with Gasteiger partial charge in [-0.1, -0.05) is 40.2 Å². The van der Waals surface area contributed by atoms with Crippen LogP contribution in [0.5, 0.6) is 11.8 Å². The number of ether oxygens (including phenoxy) is 2. The van der Waals surface area contributed by atoms with Crippen molar-refractivity contribution in [2.75, 3.05) is 44.2 Å². The summed E-state index contributed by atoms with van der Waals surface area (Å²) in [7, 11) is 0. The molecule has 5 rings (SSSR count). The van der Waals surface area contributed by atoms with E-state index in [1.54, 1.807) is 4.57 Å². The predicted molar refractivity (Wildman–Crippen MR) is 142 cm³/mol. The van der Waals surface area contributed by atoms with Gasteiger partial charge in [0.25, 0.3) is 0 Å². The van der Waals surface area contributed by atoms with E-state index in [1.807, 2.05) is 19.1 Å². The lowest BCUT2D eigenvalue weighted by Crippen LogP contribution is -2.46. The lowest BCUT2D eigenvalue weighted by Gasteiger charge is -2.35. The van der Waals surface area contributed by atoms with Crippen LogP contribution < -0.4 is 14.4 Å². The molecule has 0 aliphatic carbocycles. The third kappa shape index (κ3) is 5.71. The van der Waals surface area contributed by atoms with Crippen molar-refractivity contribution in [3.8, 4) is 11.8 Å². The molecule has 9 nitrogen and oxygen atoms in total. The summed E-state index contributed by atoms with van der Waals surface area (Å²) in [4.78, 5) is 19.1. The van der Waals surface area contributed by atoms with Crippen LogP contribution in [-0.4, -0.2) is 64.3 Å².